The van der Waals surface area contributed by atoms with Gasteiger partial charge in [0.2, 0.25) is 0 Å². The largest absolute Gasteiger partial charge is 0.494 e. The summed E-state index contributed by atoms with van der Waals surface area (Å²) in [5.74, 6) is 0.549. The maximum absolute atomic E-state index is 11.4. The van der Waals surface area contributed by atoms with Gasteiger partial charge in [0, 0.05) is 12.3 Å². The van der Waals surface area contributed by atoms with Gasteiger partial charge in [-0.15, -0.1) is 0 Å². The molecule has 1 aromatic carbocycles. The molecule has 17 heavy (non-hydrogen) atoms. The molecule has 0 spiro atoms. The number of halogens is 1. The van der Waals surface area contributed by atoms with Crippen molar-refractivity contribution in [2.24, 2.45) is 0 Å². The number of aromatic nitrogens is 1. The lowest BCUT2D eigenvalue weighted by Crippen LogP contribution is -2.00. The molecule has 4 heteroatoms. The Morgan fingerprint density at radius 2 is 2.12 bits per heavy atom. The van der Waals surface area contributed by atoms with Gasteiger partial charge in [-0.3, -0.25) is 4.79 Å². The van der Waals surface area contributed by atoms with E-state index in [-0.39, 0.29) is 5.78 Å². The molecular weight excluding hydrogens is 238 g/mol. The zero-order valence-electron chi connectivity index (χ0n) is 9.87. The maximum Gasteiger partial charge on any atom is 0.178 e. The second-order valence-corrected chi connectivity index (χ2v) is 4.26. The van der Waals surface area contributed by atoms with E-state index in [0.29, 0.717) is 22.0 Å². The van der Waals surface area contributed by atoms with Crippen LogP contribution < -0.4 is 4.74 Å². The Labute approximate surface area is 104 Å². The summed E-state index contributed by atoms with van der Waals surface area (Å²) in [7, 11) is 1.57. The van der Waals surface area contributed by atoms with Gasteiger partial charge in [0.25, 0.3) is 0 Å². The van der Waals surface area contributed by atoms with E-state index in [1.54, 1.807) is 25.3 Å². The van der Waals surface area contributed by atoms with E-state index >= 15 is 0 Å². The molecule has 0 atom stereocenters. The number of hydrogen-bond donors (Lipinski definition) is 0. The molecule has 0 bridgehead atoms. The fourth-order valence-corrected chi connectivity index (χ4v) is 2.11. The Bertz CT molecular complexity index is 608. The quantitative estimate of drug-likeness (QED) is 0.766. The van der Waals surface area contributed by atoms with Crippen LogP contribution in [0, 0.1) is 6.92 Å². The van der Waals surface area contributed by atoms with Crippen LogP contribution in [0.5, 0.6) is 5.75 Å². The van der Waals surface area contributed by atoms with Crippen molar-refractivity contribution in [2.45, 2.75) is 13.8 Å². The van der Waals surface area contributed by atoms with E-state index in [9.17, 15) is 4.79 Å². The molecule has 0 aliphatic heterocycles. The Kier molecular flexibility index (Phi) is 3.03. The van der Waals surface area contributed by atoms with E-state index in [4.69, 9.17) is 16.3 Å². The number of nitrogens with zero attached hydrogens (tertiary/aromatic N) is 1. The number of rotatable bonds is 2. The number of fused-ring (bicyclic) bond motifs is 1. The molecule has 1 heterocycles. The molecule has 2 aromatic rings. The summed E-state index contributed by atoms with van der Waals surface area (Å²) in [4.78, 5) is 15.7. The standard InChI is InChI=1S/C13H12ClNO2/c1-7-6-10(8(2)16)15-13-11(17-3)5-4-9(14)12(7)13/h4-6H,1-3H3. The first-order valence-corrected chi connectivity index (χ1v) is 5.57. The number of aryl methyl sites for hydroxylation is 1. The fourth-order valence-electron chi connectivity index (χ4n) is 1.81. The second kappa shape index (κ2) is 4.34. The van der Waals surface area contributed by atoms with Crippen molar-refractivity contribution >= 4 is 28.3 Å². The molecule has 0 unspecified atom stereocenters. The molecule has 0 saturated heterocycles. The number of benzene rings is 1. The molecule has 3 nitrogen and oxygen atoms in total. The number of ketones is 1. The normalized spacial score (nSPS) is 10.6. The van der Waals surface area contributed by atoms with Crippen molar-refractivity contribution in [1.29, 1.82) is 0 Å². The lowest BCUT2D eigenvalue weighted by atomic mass is 10.1. The highest BCUT2D eigenvalue weighted by atomic mass is 35.5. The van der Waals surface area contributed by atoms with Crippen LogP contribution in [0.25, 0.3) is 10.9 Å². The van der Waals surface area contributed by atoms with Gasteiger partial charge in [-0.2, -0.15) is 0 Å². The lowest BCUT2D eigenvalue weighted by Gasteiger charge is -2.09. The van der Waals surface area contributed by atoms with Crippen molar-refractivity contribution < 1.29 is 9.53 Å². The summed E-state index contributed by atoms with van der Waals surface area (Å²) in [5.41, 5.74) is 1.98. The highest BCUT2D eigenvalue weighted by Crippen LogP contribution is 2.32. The average Bonchev–Trinajstić information content (AvgIpc) is 2.28. The van der Waals surface area contributed by atoms with E-state index in [1.165, 1.54) is 6.92 Å². The molecule has 0 fully saturated rings. The summed E-state index contributed by atoms with van der Waals surface area (Å²) in [6.07, 6.45) is 0. The first kappa shape index (κ1) is 11.9. The van der Waals surface area contributed by atoms with Crippen LogP contribution in [0.15, 0.2) is 18.2 Å². The predicted octanol–water partition coefficient (Wildman–Crippen LogP) is 3.41. The van der Waals surface area contributed by atoms with E-state index in [0.717, 1.165) is 10.9 Å². The van der Waals surface area contributed by atoms with E-state index in [1.807, 2.05) is 6.92 Å². The molecule has 0 saturated carbocycles. The minimum absolute atomic E-state index is 0.0722. The first-order valence-electron chi connectivity index (χ1n) is 5.19. The third-order valence-corrected chi connectivity index (χ3v) is 2.97. The lowest BCUT2D eigenvalue weighted by molar-refractivity contribution is 0.101. The number of hydrogen-bond acceptors (Lipinski definition) is 3. The maximum atomic E-state index is 11.4. The molecule has 0 radical (unpaired) electrons. The number of carbonyl (C=O) groups excluding carboxylic acids is 1. The third kappa shape index (κ3) is 1.98. The third-order valence-electron chi connectivity index (χ3n) is 2.65. The topological polar surface area (TPSA) is 39.2 Å². The molecule has 0 amide bonds. The Morgan fingerprint density at radius 1 is 1.41 bits per heavy atom. The summed E-state index contributed by atoms with van der Waals surface area (Å²) in [5, 5.41) is 1.44. The molecule has 88 valence electrons. The van der Waals surface area contributed by atoms with Gasteiger partial charge in [-0.1, -0.05) is 11.6 Å². The highest BCUT2D eigenvalue weighted by molar-refractivity contribution is 6.36. The van der Waals surface area contributed by atoms with Gasteiger partial charge in [0.15, 0.2) is 5.78 Å². The Balaban J connectivity index is 2.89. The van der Waals surface area contributed by atoms with Crippen molar-refractivity contribution in [3.05, 3.63) is 34.5 Å². The molecule has 1 aromatic heterocycles. The minimum Gasteiger partial charge on any atom is -0.494 e. The summed E-state index contributed by atoms with van der Waals surface area (Å²) >= 11 is 6.14. The van der Waals surface area contributed by atoms with Crippen molar-refractivity contribution in [3.8, 4) is 5.75 Å². The van der Waals surface area contributed by atoms with E-state index in [2.05, 4.69) is 4.98 Å². The number of pyridine rings is 1. The van der Waals surface area contributed by atoms with Gasteiger partial charge in [-0.05, 0) is 30.7 Å². The summed E-state index contributed by atoms with van der Waals surface area (Å²) in [6, 6.07) is 5.27. The smallest absolute Gasteiger partial charge is 0.178 e. The Morgan fingerprint density at radius 3 is 2.71 bits per heavy atom. The molecule has 0 N–H and O–H groups in total. The van der Waals surface area contributed by atoms with Crippen LogP contribution in [0.2, 0.25) is 5.02 Å². The monoisotopic (exact) mass is 249 g/mol. The van der Waals surface area contributed by atoms with Crippen molar-refractivity contribution in [3.63, 3.8) is 0 Å². The zero-order chi connectivity index (χ0) is 12.6. The fraction of sp³-hybridized carbons (Fsp3) is 0.231. The highest BCUT2D eigenvalue weighted by Gasteiger charge is 2.12. The zero-order valence-corrected chi connectivity index (χ0v) is 10.6. The number of Topliss-reactive ketones (excluding diaryl/α,β-unsaturated/α-hetero) is 1. The summed E-state index contributed by atoms with van der Waals surface area (Å²) < 4.78 is 5.24. The van der Waals surface area contributed by atoms with Crippen LogP contribution in [-0.4, -0.2) is 17.9 Å². The first-order chi connectivity index (χ1) is 8.04. The van der Waals surface area contributed by atoms with Crippen LogP contribution in [0.1, 0.15) is 23.0 Å². The van der Waals surface area contributed by atoms with Crippen molar-refractivity contribution in [1.82, 2.24) is 4.98 Å². The molecule has 2 rings (SSSR count). The number of ether oxygens (including phenoxy) is 1. The van der Waals surface area contributed by atoms with Crippen LogP contribution >= 0.6 is 11.6 Å². The van der Waals surface area contributed by atoms with Crippen LogP contribution in [-0.2, 0) is 0 Å². The number of methoxy groups -OCH3 is 1. The second-order valence-electron chi connectivity index (χ2n) is 3.85. The van der Waals surface area contributed by atoms with Crippen LogP contribution in [0.4, 0.5) is 0 Å². The van der Waals surface area contributed by atoms with Gasteiger partial charge in [0.1, 0.15) is 17.0 Å². The Hall–Kier alpha value is -1.61. The predicted molar refractivity (Wildman–Crippen MR) is 68.0 cm³/mol. The minimum atomic E-state index is -0.0722. The summed E-state index contributed by atoms with van der Waals surface area (Å²) in [6.45, 7) is 3.40. The van der Waals surface area contributed by atoms with Crippen molar-refractivity contribution in [2.75, 3.05) is 7.11 Å². The van der Waals surface area contributed by atoms with Gasteiger partial charge < -0.3 is 4.74 Å². The average molecular weight is 250 g/mol. The van der Waals surface area contributed by atoms with E-state index < -0.39 is 0 Å². The van der Waals surface area contributed by atoms with Gasteiger partial charge >= 0.3 is 0 Å². The molecule has 0 aliphatic carbocycles. The molecular formula is C13H12ClNO2. The number of carbonyl (C=O) groups is 1. The van der Waals surface area contributed by atoms with Gasteiger partial charge in [-0.25, -0.2) is 4.98 Å². The SMILES string of the molecule is COc1ccc(Cl)c2c(C)cc(C(C)=O)nc12. The molecule has 0 aliphatic rings. The van der Waals surface area contributed by atoms with Crippen LogP contribution in [0.3, 0.4) is 0 Å². The van der Waals surface area contributed by atoms with Gasteiger partial charge in [0.05, 0.1) is 12.1 Å².